The fourth-order valence-electron chi connectivity index (χ4n) is 4.40. The first-order valence-corrected chi connectivity index (χ1v) is 11.7. The molecule has 1 aliphatic heterocycles. The SMILES string of the molecule is COC(=O)C1(c2ccc3cnc(CNC(=O)OC(C)(C)C)cc3n2)CCCN(c2ccncc2)C1. The van der Waals surface area contributed by atoms with E-state index in [0.717, 1.165) is 24.0 Å². The summed E-state index contributed by atoms with van der Waals surface area (Å²) in [6.07, 6.45) is 6.16. The number of hydrogen-bond donors (Lipinski definition) is 1. The van der Waals surface area contributed by atoms with Gasteiger partial charge in [0.2, 0.25) is 0 Å². The first kappa shape index (κ1) is 24.4. The lowest BCUT2D eigenvalue weighted by Crippen LogP contribution is -2.52. The van der Waals surface area contributed by atoms with Gasteiger partial charge in [0.1, 0.15) is 11.0 Å². The maximum absolute atomic E-state index is 13.2. The van der Waals surface area contributed by atoms with Gasteiger partial charge in [0.25, 0.3) is 0 Å². The highest BCUT2D eigenvalue weighted by molar-refractivity contribution is 5.86. The molecule has 35 heavy (non-hydrogen) atoms. The number of piperidine rings is 1. The number of alkyl carbamates (subject to hydrolysis) is 1. The lowest BCUT2D eigenvalue weighted by molar-refractivity contribution is -0.148. The zero-order valence-electron chi connectivity index (χ0n) is 20.6. The highest BCUT2D eigenvalue weighted by atomic mass is 16.6. The van der Waals surface area contributed by atoms with Crippen molar-refractivity contribution in [3.63, 3.8) is 0 Å². The van der Waals surface area contributed by atoms with Crippen LogP contribution in [-0.4, -0.2) is 52.8 Å². The van der Waals surface area contributed by atoms with Crippen LogP contribution in [0, 0.1) is 0 Å². The molecule has 4 heterocycles. The number of aromatic nitrogens is 3. The molecule has 4 rings (SSSR count). The summed E-state index contributed by atoms with van der Waals surface area (Å²) in [6, 6.07) is 9.51. The molecule has 3 aromatic rings. The van der Waals surface area contributed by atoms with Gasteiger partial charge in [-0.1, -0.05) is 0 Å². The van der Waals surface area contributed by atoms with E-state index in [1.54, 1.807) is 18.6 Å². The number of amides is 1. The molecule has 9 nitrogen and oxygen atoms in total. The Balaban J connectivity index is 1.63. The van der Waals surface area contributed by atoms with Crippen LogP contribution in [0.25, 0.3) is 10.9 Å². The van der Waals surface area contributed by atoms with Crippen molar-refractivity contribution < 1.29 is 19.1 Å². The number of anilines is 1. The van der Waals surface area contributed by atoms with Crippen molar-refractivity contribution in [3.8, 4) is 0 Å². The fraction of sp³-hybridized carbons (Fsp3) is 0.423. The van der Waals surface area contributed by atoms with E-state index in [0.29, 0.717) is 29.9 Å². The van der Waals surface area contributed by atoms with Crippen LogP contribution >= 0.6 is 0 Å². The number of pyridine rings is 3. The Hall–Kier alpha value is -3.75. The second kappa shape index (κ2) is 9.85. The summed E-state index contributed by atoms with van der Waals surface area (Å²) in [5.41, 5.74) is 1.53. The van der Waals surface area contributed by atoms with Crippen LogP contribution in [0.3, 0.4) is 0 Å². The van der Waals surface area contributed by atoms with Crippen molar-refractivity contribution in [3.05, 3.63) is 60.3 Å². The lowest BCUT2D eigenvalue weighted by atomic mass is 9.76. The number of rotatable bonds is 5. The van der Waals surface area contributed by atoms with Gasteiger partial charge in [-0.25, -0.2) is 4.79 Å². The molecule has 1 amide bonds. The van der Waals surface area contributed by atoms with Gasteiger partial charge in [-0.05, 0) is 63.9 Å². The molecule has 9 heteroatoms. The molecule has 1 atom stereocenters. The molecule has 184 valence electrons. The van der Waals surface area contributed by atoms with Crippen molar-refractivity contribution in [1.82, 2.24) is 20.3 Å². The van der Waals surface area contributed by atoms with E-state index in [9.17, 15) is 9.59 Å². The summed E-state index contributed by atoms with van der Waals surface area (Å²) >= 11 is 0. The Morgan fingerprint density at radius 2 is 1.94 bits per heavy atom. The highest BCUT2D eigenvalue weighted by Gasteiger charge is 2.46. The van der Waals surface area contributed by atoms with Crippen LogP contribution in [0.15, 0.2) is 48.9 Å². The van der Waals surface area contributed by atoms with Crippen LogP contribution in [-0.2, 0) is 26.2 Å². The van der Waals surface area contributed by atoms with Crippen LogP contribution < -0.4 is 10.2 Å². The number of hydrogen-bond acceptors (Lipinski definition) is 8. The zero-order valence-corrected chi connectivity index (χ0v) is 20.6. The van der Waals surface area contributed by atoms with Gasteiger partial charge >= 0.3 is 12.1 Å². The minimum absolute atomic E-state index is 0.203. The zero-order chi connectivity index (χ0) is 25.1. The molecular formula is C26H31N5O4. The van der Waals surface area contributed by atoms with Crippen LogP contribution in [0.1, 0.15) is 45.0 Å². The van der Waals surface area contributed by atoms with E-state index in [1.165, 1.54) is 7.11 Å². The molecule has 0 spiro atoms. The summed E-state index contributed by atoms with van der Waals surface area (Å²) in [5.74, 6) is -0.302. The lowest BCUT2D eigenvalue weighted by Gasteiger charge is -2.41. The first-order chi connectivity index (χ1) is 16.7. The Morgan fingerprint density at radius 1 is 1.17 bits per heavy atom. The summed E-state index contributed by atoms with van der Waals surface area (Å²) in [7, 11) is 1.42. The van der Waals surface area contributed by atoms with Gasteiger partial charge in [-0.15, -0.1) is 0 Å². The van der Waals surface area contributed by atoms with E-state index in [-0.39, 0.29) is 12.5 Å². The Morgan fingerprint density at radius 3 is 2.66 bits per heavy atom. The predicted octanol–water partition coefficient (Wildman–Crippen LogP) is 3.76. The average Bonchev–Trinajstić information content (AvgIpc) is 2.86. The molecule has 0 radical (unpaired) electrons. The maximum Gasteiger partial charge on any atom is 0.407 e. The Kier molecular flexibility index (Phi) is 6.86. The number of ether oxygens (including phenoxy) is 2. The van der Waals surface area contributed by atoms with Crippen LogP contribution in [0.2, 0.25) is 0 Å². The van der Waals surface area contributed by atoms with Crippen molar-refractivity contribution in [1.29, 1.82) is 0 Å². The van der Waals surface area contributed by atoms with Gasteiger partial charge in [0, 0.05) is 42.8 Å². The highest BCUT2D eigenvalue weighted by Crippen LogP contribution is 2.37. The third kappa shape index (κ3) is 5.50. The standard InChI is InChI=1S/C26H31N5O4/c1-25(2,3)35-24(33)29-16-19-14-21-18(15-28-19)6-7-22(30-21)26(23(32)34-4)10-5-13-31(17-26)20-8-11-27-12-9-20/h6-9,11-12,14-15H,5,10,13,16-17H2,1-4H3,(H,29,33). The number of carbonyl (C=O) groups excluding carboxylic acids is 2. The van der Waals surface area contributed by atoms with E-state index in [1.807, 2.05) is 51.1 Å². The topological polar surface area (TPSA) is 107 Å². The average molecular weight is 478 g/mol. The Labute approximate surface area is 204 Å². The summed E-state index contributed by atoms with van der Waals surface area (Å²) in [6.45, 7) is 6.93. The molecule has 0 aliphatic carbocycles. The van der Waals surface area contributed by atoms with Crippen molar-refractivity contribution in [2.75, 3.05) is 25.1 Å². The number of carbonyl (C=O) groups is 2. The molecule has 0 bridgehead atoms. The van der Waals surface area contributed by atoms with E-state index >= 15 is 0 Å². The van der Waals surface area contributed by atoms with E-state index in [4.69, 9.17) is 14.5 Å². The minimum Gasteiger partial charge on any atom is -0.468 e. The van der Waals surface area contributed by atoms with E-state index in [2.05, 4.69) is 20.2 Å². The quantitative estimate of drug-likeness (QED) is 0.554. The molecule has 1 saturated heterocycles. The van der Waals surface area contributed by atoms with Crippen molar-refractivity contribution >= 4 is 28.7 Å². The third-order valence-corrected chi connectivity index (χ3v) is 6.03. The smallest absolute Gasteiger partial charge is 0.407 e. The number of fused-ring (bicyclic) bond motifs is 1. The Bertz CT molecular complexity index is 1210. The molecule has 3 aromatic heterocycles. The second-order valence-electron chi connectivity index (χ2n) is 9.72. The number of nitrogens with one attached hydrogen (secondary N) is 1. The van der Waals surface area contributed by atoms with Gasteiger partial charge in [0.15, 0.2) is 0 Å². The number of nitrogens with zero attached hydrogens (tertiary/aromatic N) is 4. The normalized spacial score (nSPS) is 18.2. The van der Waals surface area contributed by atoms with Gasteiger partial charge < -0.3 is 19.7 Å². The minimum atomic E-state index is -0.900. The number of esters is 1. The molecule has 1 aliphatic rings. The predicted molar refractivity (Wildman–Crippen MR) is 132 cm³/mol. The van der Waals surface area contributed by atoms with Gasteiger partial charge in [0.05, 0.1) is 30.6 Å². The van der Waals surface area contributed by atoms with Crippen molar-refractivity contribution in [2.24, 2.45) is 0 Å². The summed E-state index contributed by atoms with van der Waals surface area (Å²) in [5, 5.41) is 3.56. The maximum atomic E-state index is 13.2. The third-order valence-electron chi connectivity index (χ3n) is 6.03. The van der Waals surface area contributed by atoms with E-state index < -0.39 is 17.1 Å². The molecule has 0 saturated carbocycles. The molecule has 1 unspecified atom stereocenters. The molecule has 0 aromatic carbocycles. The van der Waals surface area contributed by atoms with Crippen LogP contribution in [0.4, 0.5) is 10.5 Å². The first-order valence-electron chi connectivity index (χ1n) is 11.7. The monoisotopic (exact) mass is 477 g/mol. The molecular weight excluding hydrogens is 446 g/mol. The van der Waals surface area contributed by atoms with Gasteiger partial charge in [-0.2, -0.15) is 0 Å². The van der Waals surface area contributed by atoms with Crippen LogP contribution in [0.5, 0.6) is 0 Å². The summed E-state index contributed by atoms with van der Waals surface area (Å²) in [4.78, 5) is 40.8. The van der Waals surface area contributed by atoms with Gasteiger partial charge in [-0.3, -0.25) is 19.7 Å². The number of methoxy groups -OCH3 is 1. The molecule has 1 N–H and O–H groups in total. The van der Waals surface area contributed by atoms with Crippen molar-refractivity contribution in [2.45, 2.75) is 51.2 Å². The molecule has 1 fully saturated rings. The second-order valence-corrected chi connectivity index (χ2v) is 9.72. The largest absolute Gasteiger partial charge is 0.468 e. The fourth-order valence-corrected chi connectivity index (χ4v) is 4.40. The summed E-state index contributed by atoms with van der Waals surface area (Å²) < 4.78 is 10.6.